The van der Waals surface area contributed by atoms with Gasteiger partial charge in [-0.05, 0) is 18.1 Å². The Morgan fingerprint density at radius 3 is 2.55 bits per heavy atom. The van der Waals surface area contributed by atoms with Crippen molar-refractivity contribution in [2.24, 2.45) is 18.7 Å². The molecular formula is C17H21N3O2. The molecule has 0 saturated carbocycles. The van der Waals surface area contributed by atoms with Gasteiger partial charge in [-0.3, -0.25) is 9.59 Å². The number of pyridine rings is 1. The predicted octanol–water partition coefficient (Wildman–Crippen LogP) is 1.97. The summed E-state index contributed by atoms with van der Waals surface area (Å²) in [5, 5.41) is 2.85. The van der Waals surface area contributed by atoms with Gasteiger partial charge in [0.15, 0.2) is 0 Å². The van der Waals surface area contributed by atoms with Crippen molar-refractivity contribution < 1.29 is 4.79 Å². The van der Waals surface area contributed by atoms with Crippen LogP contribution in [0.15, 0.2) is 47.4 Å². The van der Waals surface area contributed by atoms with Crippen LogP contribution in [0, 0.1) is 12.8 Å². The Kier molecular flexibility index (Phi) is 4.78. The molecule has 0 aliphatic carbocycles. The predicted molar refractivity (Wildman–Crippen MR) is 87.6 cm³/mol. The SMILES string of the molecule is Cc1cc(=O)n(C)cc1NC(=O)C(C)C(N)c1ccccc1. The fourth-order valence-corrected chi connectivity index (χ4v) is 2.23. The van der Waals surface area contributed by atoms with Crippen LogP contribution in [0.3, 0.4) is 0 Å². The topological polar surface area (TPSA) is 77.1 Å². The van der Waals surface area contributed by atoms with Crippen molar-refractivity contribution in [1.29, 1.82) is 0 Å². The van der Waals surface area contributed by atoms with Crippen molar-refractivity contribution in [3.05, 3.63) is 64.1 Å². The van der Waals surface area contributed by atoms with Gasteiger partial charge in [-0.1, -0.05) is 37.3 Å². The first kappa shape index (κ1) is 16.0. The molecule has 0 saturated heterocycles. The quantitative estimate of drug-likeness (QED) is 0.906. The van der Waals surface area contributed by atoms with Gasteiger partial charge in [-0.25, -0.2) is 0 Å². The van der Waals surface area contributed by atoms with Crippen LogP contribution in [-0.4, -0.2) is 10.5 Å². The Morgan fingerprint density at radius 2 is 1.91 bits per heavy atom. The fourth-order valence-electron chi connectivity index (χ4n) is 2.23. The summed E-state index contributed by atoms with van der Waals surface area (Å²) in [5.74, 6) is -0.558. The van der Waals surface area contributed by atoms with Crippen molar-refractivity contribution in [3.8, 4) is 0 Å². The normalized spacial score (nSPS) is 13.5. The van der Waals surface area contributed by atoms with E-state index in [1.807, 2.05) is 30.3 Å². The molecule has 0 fully saturated rings. The molecule has 0 bridgehead atoms. The number of aryl methyl sites for hydroxylation is 2. The second-order valence-electron chi connectivity index (χ2n) is 5.53. The molecule has 0 spiro atoms. The average molecular weight is 299 g/mol. The zero-order valence-electron chi connectivity index (χ0n) is 13.0. The number of hydrogen-bond acceptors (Lipinski definition) is 3. The van der Waals surface area contributed by atoms with Crippen LogP contribution in [-0.2, 0) is 11.8 Å². The summed E-state index contributed by atoms with van der Waals surface area (Å²) in [7, 11) is 1.65. The molecule has 0 aliphatic rings. The Bertz CT molecular complexity index is 722. The van der Waals surface area contributed by atoms with Crippen molar-refractivity contribution in [2.45, 2.75) is 19.9 Å². The van der Waals surface area contributed by atoms with Gasteiger partial charge in [0.1, 0.15) is 0 Å². The lowest BCUT2D eigenvalue weighted by Gasteiger charge is -2.20. The number of carbonyl (C=O) groups is 1. The average Bonchev–Trinajstić information content (AvgIpc) is 2.52. The standard InChI is InChI=1S/C17H21N3O2/c1-11-9-15(21)20(3)10-14(11)19-17(22)12(2)16(18)13-7-5-4-6-8-13/h4-10,12,16H,18H2,1-3H3,(H,19,22). The van der Waals surface area contributed by atoms with E-state index in [9.17, 15) is 9.59 Å². The second kappa shape index (κ2) is 6.58. The molecule has 0 aliphatic heterocycles. The molecule has 116 valence electrons. The first-order valence-electron chi connectivity index (χ1n) is 7.19. The van der Waals surface area contributed by atoms with E-state index in [-0.39, 0.29) is 23.4 Å². The summed E-state index contributed by atoms with van der Waals surface area (Å²) in [6.07, 6.45) is 1.62. The summed E-state index contributed by atoms with van der Waals surface area (Å²) >= 11 is 0. The van der Waals surface area contributed by atoms with E-state index in [0.717, 1.165) is 11.1 Å². The highest BCUT2D eigenvalue weighted by atomic mass is 16.2. The highest BCUT2D eigenvalue weighted by Crippen LogP contribution is 2.21. The Hall–Kier alpha value is -2.40. The number of anilines is 1. The van der Waals surface area contributed by atoms with Crippen LogP contribution in [0.2, 0.25) is 0 Å². The van der Waals surface area contributed by atoms with Crippen molar-refractivity contribution in [3.63, 3.8) is 0 Å². The van der Waals surface area contributed by atoms with Crippen LogP contribution in [0.25, 0.3) is 0 Å². The summed E-state index contributed by atoms with van der Waals surface area (Å²) in [4.78, 5) is 23.9. The van der Waals surface area contributed by atoms with Gasteiger partial charge in [0.25, 0.3) is 5.56 Å². The molecule has 5 heteroatoms. The minimum absolute atomic E-state index is 0.107. The summed E-state index contributed by atoms with van der Waals surface area (Å²) in [6, 6.07) is 10.6. The molecule has 5 nitrogen and oxygen atoms in total. The number of aromatic nitrogens is 1. The van der Waals surface area contributed by atoms with Crippen LogP contribution in [0.1, 0.15) is 24.1 Å². The van der Waals surface area contributed by atoms with E-state index in [4.69, 9.17) is 5.73 Å². The molecule has 1 aromatic heterocycles. The van der Waals surface area contributed by atoms with Crippen molar-refractivity contribution in [1.82, 2.24) is 4.57 Å². The van der Waals surface area contributed by atoms with Crippen LogP contribution >= 0.6 is 0 Å². The maximum atomic E-state index is 12.4. The third-order valence-electron chi connectivity index (χ3n) is 3.83. The number of nitrogens with two attached hydrogens (primary N) is 1. The molecule has 2 aromatic rings. The molecule has 2 unspecified atom stereocenters. The minimum atomic E-state index is -0.390. The van der Waals surface area contributed by atoms with Gasteiger partial charge in [0.05, 0.1) is 11.6 Å². The Balaban J connectivity index is 2.15. The number of rotatable bonds is 4. The van der Waals surface area contributed by atoms with Gasteiger partial charge < -0.3 is 15.6 Å². The van der Waals surface area contributed by atoms with Crippen molar-refractivity contribution >= 4 is 11.6 Å². The lowest BCUT2D eigenvalue weighted by atomic mass is 9.94. The van der Waals surface area contributed by atoms with Gasteiger partial charge >= 0.3 is 0 Å². The summed E-state index contributed by atoms with van der Waals surface area (Å²) in [5.41, 5.74) is 8.34. The molecule has 1 heterocycles. The molecule has 2 atom stereocenters. The zero-order valence-corrected chi connectivity index (χ0v) is 13.0. The monoisotopic (exact) mass is 299 g/mol. The largest absolute Gasteiger partial charge is 0.324 e. The number of nitrogens with zero attached hydrogens (tertiary/aromatic N) is 1. The Labute approximate surface area is 129 Å². The molecule has 22 heavy (non-hydrogen) atoms. The van der Waals surface area contributed by atoms with E-state index >= 15 is 0 Å². The van der Waals surface area contributed by atoms with Crippen molar-refractivity contribution in [2.75, 3.05) is 5.32 Å². The smallest absolute Gasteiger partial charge is 0.250 e. The fraction of sp³-hybridized carbons (Fsp3) is 0.294. The van der Waals surface area contributed by atoms with E-state index in [0.29, 0.717) is 5.69 Å². The van der Waals surface area contributed by atoms with Gasteiger partial charge in [-0.15, -0.1) is 0 Å². The van der Waals surface area contributed by atoms with Gasteiger partial charge in [0.2, 0.25) is 5.91 Å². The molecule has 2 rings (SSSR count). The molecule has 3 N–H and O–H groups in total. The third kappa shape index (κ3) is 3.43. The van der Waals surface area contributed by atoms with Crippen LogP contribution in [0.4, 0.5) is 5.69 Å². The number of amides is 1. The van der Waals surface area contributed by atoms with Crippen LogP contribution in [0.5, 0.6) is 0 Å². The summed E-state index contributed by atoms with van der Waals surface area (Å²) in [6.45, 7) is 3.59. The van der Waals surface area contributed by atoms with Gasteiger partial charge in [-0.2, -0.15) is 0 Å². The van der Waals surface area contributed by atoms with E-state index < -0.39 is 0 Å². The molecule has 0 radical (unpaired) electrons. The maximum Gasteiger partial charge on any atom is 0.250 e. The number of hydrogen-bond donors (Lipinski definition) is 2. The molecule has 1 aromatic carbocycles. The van der Waals surface area contributed by atoms with E-state index in [1.165, 1.54) is 10.6 Å². The highest BCUT2D eigenvalue weighted by molar-refractivity contribution is 5.93. The Morgan fingerprint density at radius 1 is 1.27 bits per heavy atom. The number of nitrogens with one attached hydrogen (secondary N) is 1. The lowest BCUT2D eigenvalue weighted by molar-refractivity contribution is -0.120. The lowest BCUT2D eigenvalue weighted by Crippen LogP contribution is -2.31. The third-order valence-corrected chi connectivity index (χ3v) is 3.83. The van der Waals surface area contributed by atoms with E-state index in [1.54, 1.807) is 27.1 Å². The first-order valence-corrected chi connectivity index (χ1v) is 7.19. The number of carbonyl (C=O) groups excluding carboxylic acids is 1. The maximum absolute atomic E-state index is 12.4. The molecular weight excluding hydrogens is 278 g/mol. The highest BCUT2D eigenvalue weighted by Gasteiger charge is 2.22. The summed E-state index contributed by atoms with van der Waals surface area (Å²) < 4.78 is 1.43. The minimum Gasteiger partial charge on any atom is -0.324 e. The first-order chi connectivity index (χ1) is 10.4. The second-order valence-corrected chi connectivity index (χ2v) is 5.53. The van der Waals surface area contributed by atoms with Crippen LogP contribution < -0.4 is 16.6 Å². The zero-order chi connectivity index (χ0) is 16.3. The van der Waals surface area contributed by atoms with E-state index in [2.05, 4.69) is 5.32 Å². The molecule has 1 amide bonds. The van der Waals surface area contributed by atoms with Gasteiger partial charge in [0, 0.05) is 25.4 Å². The number of benzene rings is 1.